The molecule has 0 saturated carbocycles. The molecule has 8 heteroatoms. The van der Waals surface area contributed by atoms with Crippen LogP contribution < -0.4 is 4.72 Å². The Morgan fingerprint density at radius 2 is 1.65 bits per heavy atom. The molecule has 1 aromatic carbocycles. The summed E-state index contributed by atoms with van der Waals surface area (Å²) in [5.74, 6) is 0. The molecule has 0 heterocycles. The number of carbonyl (C=O) groups is 2. The number of nitrogens with one attached hydrogen (secondary N) is 1. The summed E-state index contributed by atoms with van der Waals surface area (Å²) in [5.41, 5.74) is 0.875. The Bertz CT molecular complexity index is 678. The van der Waals surface area contributed by atoms with Gasteiger partial charge in [0.2, 0.25) is 20.5 Å². The van der Waals surface area contributed by atoms with E-state index in [4.69, 9.17) is 23.2 Å². The van der Waals surface area contributed by atoms with Crippen LogP contribution in [0.1, 0.15) is 39.2 Å². The van der Waals surface area contributed by atoms with Crippen LogP contribution >= 0.6 is 23.2 Å². The number of hydrogen-bond acceptors (Lipinski definition) is 4. The molecule has 0 aliphatic carbocycles. The molecular formula is C15H19Cl2NO4S. The third kappa shape index (κ3) is 6.22. The van der Waals surface area contributed by atoms with E-state index >= 15 is 0 Å². The fourth-order valence-electron chi connectivity index (χ4n) is 1.87. The molecule has 0 radical (unpaired) electrons. The van der Waals surface area contributed by atoms with Crippen LogP contribution in [0.5, 0.6) is 0 Å². The Morgan fingerprint density at radius 3 is 2.04 bits per heavy atom. The van der Waals surface area contributed by atoms with Crippen LogP contribution in [0.3, 0.4) is 0 Å². The predicted molar refractivity (Wildman–Crippen MR) is 90.2 cm³/mol. The highest BCUT2D eigenvalue weighted by Crippen LogP contribution is 2.23. The lowest BCUT2D eigenvalue weighted by molar-refractivity contribution is -0.114. The lowest BCUT2D eigenvalue weighted by Crippen LogP contribution is -2.39. The fraction of sp³-hybridized carbons (Fsp3) is 0.467. The maximum atomic E-state index is 12.3. The van der Waals surface area contributed by atoms with Crippen molar-refractivity contribution in [2.45, 2.75) is 50.0 Å². The summed E-state index contributed by atoms with van der Waals surface area (Å²) in [5, 5.41) is -1.56. The summed E-state index contributed by atoms with van der Waals surface area (Å²) >= 11 is 10.6. The Hall–Kier alpha value is -0.950. The molecule has 0 aliphatic heterocycles. The van der Waals surface area contributed by atoms with Gasteiger partial charge in [-0.1, -0.05) is 32.9 Å². The van der Waals surface area contributed by atoms with E-state index in [0.717, 1.165) is 5.56 Å². The number of benzene rings is 1. The van der Waals surface area contributed by atoms with Gasteiger partial charge in [-0.15, -0.1) is 0 Å². The van der Waals surface area contributed by atoms with Gasteiger partial charge in [0.25, 0.3) is 0 Å². The summed E-state index contributed by atoms with van der Waals surface area (Å²) in [6, 6.07) is 5.16. The average molecular weight is 380 g/mol. The summed E-state index contributed by atoms with van der Waals surface area (Å²) in [4.78, 5) is 22.1. The van der Waals surface area contributed by atoms with Gasteiger partial charge in [0.05, 0.1) is 10.9 Å². The normalized spacial score (nSPS) is 13.6. The molecule has 0 spiro atoms. The number of hydrogen-bond donors (Lipinski definition) is 1. The van der Waals surface area contributed by atoms with Gasteiger partial charge in [0, 0.05) is 6.42 Å². The smallest absolute Gasteiger partial charge is 0.241 e. The molecular weight excluding hydrogens is 361 g/mol. The quantitative estimate of drug-likeness (QED) is 0.738. The van der Waals surface area contributed by atoms with Crippen molar-refractivity contribution < 1.29 is 18.0 Å². The van der Waals surface area contributed by atoms with Gasteiger partial charge in [0.15, 0.2) is 0 Å². The second kappa shape index (κ2) is 7.75. The summed E-state index contributed by atoms with van der Waals surface area (Å²) in [7, 11) is -3.92. The Balaban J connectivity index is 2.96. The minimum atomic E-state index is -3.92. The molecule has 1 rings (SSSR count). The lowest BCUT2D eigenvalue weighted by atomic mass is 9.87. The van der Waals surface area contributed by atoms with Crippen molar-refractivity contribution in [2.24, 2.45) is 0 Å². The van der Waals surface area contributed by atoms with Crippen molar-refractivity contribution in [3.05, 3.63) is 29.8 Å². The molecule has 0 fully saturated rings. The number of carbonyl (C=O) groups excluding carboxylic acids is 2. The van der Waals surface area contributed by atoms with Gasteiger partial charge in [-0.05, 0) is 52.7 Å². The van der Waals surface area contributed by atoms with E-state index in [0.29, 0.717) is 0 Å². The monoisotopic (exact) mass is 379 g/mol. The number of rotatable bonds is 7. The average Bonchev–Trinajstić information content (AvgIpc) is 2.42. The highest BCUT2D eigenvalue weighted by molar-refractivity contribution is 7.89. The van der Waals surface area contributed by atoms with Crippen LogP contribution in [0.15, 0.2) is 29.2 Å². The summed E-state index contributed by atoms with van der Waals surface area (Å²) in [6.07, 6.45) is -0.250. The van der Waals surface area contributed by atoms with Crippen molar-refractivity contribution in [3.63, 3.8) is 0 Å². The fourth-order valence-corrected chi connectivity index (χ4v) is 3.43. The first-order chi connectivity index (χ1) is 10.4. The topological polar surface area (TPSA) is 80.3 Å². The van der Waals surface area contributed by atoms with E-state index in [1.165, 1.54) is 12.1 Å². The van der Waals surface area contributed by atoms with Gasteiger partial charge in [-0.2, -0.15) is 4.72 Å². The van der Waals surface area contributed by atoms with Gasteiger partial charge in [0.1, 0.15) is 0 Å². The van der Waals surface area contributed by atoms with Gasteiger partial charge < -0.3 is 0 Å². The van der Waals surface area contributed by atoms with Gasteiger partial charge >= 0.3 is 0 Å². The standard InChI is InChI=1S/C15H19Cl2NO4S/c1-15(2,3)10-4-6-11(7-5-10)23(21,22)18-12(14(17)20)8-9-13(16)19/h4-7,12,18H,8-9H2,1-3H3/t12-/m0/s1. The van der Waals surface area contributed by atoms with Crippen LogP contribution in [0.25, 0.3) is 0 Å². The van der Waals surface area contributed by atoms with E-state index in [1.54, 1.807) is 12.1 Å². The highest BCUT2D eigenvalue weighted by Gasteiger charge is 2.25. The molecule has 128 valence electrons. The van der Waals surface area contributed by atoms with E-state index in [-0.39, 0.29) is 23.2 Å². The van der Waals surface area contributed by atoms with E-state index in [2.05, 4.69) is 4.72 Å². The van der Waals surface area contributed by atoms with Crippen LogP contribution in [0.4, 0.5) is 0 Å². The van der Waals surface area contributed by atoms with Gasteiger partial charge in [-0.3, -0.25) is 9.59 Å². The van der Waals surface area contributed by atoms with Crippen LogP contribution in [0.2, 0.25) is 0 Å². The lowest BCUT2D eigenvalue weighted by Gasteiger charge is -2.19. The maximum Gasteiger partial charge on any atom is 0.241 e. The highest BCUT2D eigenvalue weighted by atomic mass is 35.5. The third-order valence-electron chi connectivity index (χ3n) is 3.23. The van der Waals surface area contributed by atoms with Gasteiger partial charge in [-0.25, -0.2) is 8.42 Å². The van der Waals surface area contributed by atoms with E-state index in [9.17, 15) is 18.0 Å². The molecule has 0 aromatic heterocycles. The van der Waals surface area contributed by atoms with Crippen molar-refractivity contribution in [3.8, 4) is 0 Å². The molecule has 23 heavy (non-hydrogen) atoms. The maximum absolute atomic E-state index is 12.3. The first kappa shape index (κ1) is 20.1. The zero-order chi connectivity index (χ0) is 17.8. The number of halogens is 2. The molecule has 1 aromatic rings. The van der Waals surface area contributed by atoms with Crippen molar-refractivity contribution >= 4 is 43.7 Å². The molecule has 5 nitrogen and oxygen atoms in total. The minimum Gasteiger partial charge on any atom is -0.281 e. The molecule has 0 bridgehead atoms. The molecule has 0 saturated heterocycles. The molecule has 1 N–H and O–H groups in total. The molecule has 0 amide bonds. The van der Waals surface area contributed by atoms with E-state index < -0.39 is 26.5 Å². The van der Waals surface area contributed by atoms with Crippen molar-refractivity contribution in [2.75, 3.05) is 0 Å². The number of sulfonamides is 1. The SMILES string of the molecule is CC(C)(C)c1ccc(S(=O)(=O)N[C@@H](CCC(=O)Cl)C(=O)Cl)cc1. The Morgan fingerprint density at radius 1 is 1.13 bits per heavy atom. The zero-order valence-electron chi connectivity index (χ0n) is 13.1. The van der Waals surface area contributed by atoms with E-state index in [1.807, 2.05) is 20.8 Å². The Labute approximate surface area is 146 Å². The second-order valence-corrected chi connectivity index (χ2v) is 8.65. The van der Waals surface area contributed by atoms with Crippen LogP contribution in [-0.2, 0) is 25.0 Å². The van der Waals surface area contributed by atoms with Crippen molar-refractivity contribution in [1.29, 1.82) is 0 Å². The third-order valence-corrected chi connectivity index (χ3v) is 5.17. The largest absolute Gasteiger partial charge is 0.281 e. The first-order valence-electron chi connectivity index (χ1n) is 6.94. The minimum absolute atomic E-state index is 0.0191. The summed E-state index contributed by atoms with van der Waals surface area (Å²) < 4.78 is 26.8. The first-order valence-corrected chi connectivity index (χ1v) is 9.18. The second-order valence-electron chi connectivity index (χ2n) is 6.15. The molecule has 1 atom stereocenters. The van der Waals surface area contributed by atoms with Crippen LogP contribution in [-0.4, -0.2) is 24.9 Å². The van der Waals surface area contributed by atoms with Crippen molar-refractivity contribution in [1.82, 2.24) is 4.72 Å². The zero-order valence-corrected chi connectivity index (χ0v) is 15.4. The Kier molecular flexibility index (Phi) is 6.77. The summed E-state index contributed by atoms with van der Waals surface area (Å²) in [6.45, 7) is 6.04. The molecule has 0 unspecified atom stereocenters. The predicted octanol–water partition coefficient (Wildman–Crippen LogP) is 2.94. The van der Waals surface area contributed by atoms with Crippen LogP contribution in [0, 0.1) is 0 Å². The molecule has 0 aliphatic rings.